The molecule has 0 aromatic heterocycles. The number of nitro groups is 2. The zero-order valence-corrected chi connectivity index (χ0v) is 25.8. The van der Waals surface area contributed by atoms with E-state index in [1.54, 1.807) is 54.6 Å². The molecule has 2 aliphatic rings. The SMILES string of the molecule is COC(=O)c1ccccc1OC(=O)c1ccc2c(c1)[C@@H]1[C@H](Cl)[C@H](Sc3ccccc3[N+](=O)[O-])C[C@@H]1[C@H](c1cccc([N+](=O)[O-])c1)N2. The molecule has 13 heteroatoms. The van der Waals surface area contributed by atoms with Crippen molar-refractivity contribution in [1.29, 1.82) is 0 Å². The van der Waals surface area contributed by atoms with Crippen LogP contribution < -0.4 is 10.1 Å². The molecule has 1 fully saturated rings. The Morgan fingerprint density at radius 2 is 1.67 bits per heavy atom. The lowest BCUT2D eigenvalue weighted by molar-refractivity contribution is -0.387. The first-order chi connectivity index (χ1) is 22.2. The molecule has 5 atom stereocenters. The molecule has 0 amide bonds. The second kappa shape index (κ2) is 12.8. The fourth-order valence-electron chi connectivity index (χ4n) is 6.27. The average Bonchev–Trinajstić information content (AvgIpc) is 3.39. The Labute approximate surface area is 272 Å². The first-order valence-electron chi connectivity index (χ1n) is 14.2. The molecule has 0 saturated heterocycles. The van der Waals surface area contributed by atoms with Crippen LogP contribution in [-0.2, 0) is 4.74 Å². The van der Waals surface area contributed by atoms with Gasteiger partial charge in [0.1, 0.15) is 11.3 Å². The van der Waals surface area contributed by atoms with Crippen LogP contribution in [0.15, 0.2) is 95.9 Å². The van der Waals surface area contributed by atoms with Crippen LogP contribution in [0.5, 0.6) is 5.75 Å². The molecule has 1 heterocycles. The number of anilines is 1. The van der Waals surface area contributed by atoms with E-state index in [0.717, 1.165) is 5.56 Å². The minimum atomic E-state index is -0.688. The Morgan fingerprint density at radius 3 is 2.43 bits per heavy atom. The van der Waals surface area contributed by atoms with Gasteiger partial charge in [0.15, 0.2) is 0 Å². The Balaban J connectivity index is 1.37. The summed E-state index contributed by atoms with van der Waals surface area (Å²) in [5.74, 6) is -1.78. The molecule has 1 aliphatic carbocycles. The molecule has 0 unspecified atom stereocenters. The second-order valence-corrected chi connectivity index (χ2v) is 12.7. The number of methoxy groups -OCH3 is 1. The number of rotatable bonds is 8. The van der Waals surface area contributed by atoms with Crippen molar-refractivity contribution in [3.63, 3.8) is 0 Å². The molecule has 0 radical (unpaired) electrons. The van der Waals surface area contributed by atoms with Gasteiger partial charge < -0.3 is 14.8 Å². The maximum atomic E-state index is 13.4. The van der Waals surface area contributed by atoms with E-state index in [1.807, 2.05) is 6.07 Å². The number of hydrogen-bond acceptors (Lipinski definition) is 10. The molecule has 4 aromatic rings. The smallest absolute Gasteiger partial charge is 0.343 e. The Kier molecular flexibility index (Phi) is 8.65. The first kappa shape index (κ1) is 31.1. The van der Waals surface area contributed by atoms with Gasteiger partial charge in [-0.1, -0.05) is 36.4 Å². The van der Waals surface area contributed by atoms with Gasteiger partial charge in [-0.25, -0.2) is 9.59 Å². The number of thioether (sulfide) groups is 1. The number of para-hydroxylation sites is 2. The van der Waals surface area contributed by atoms with E-state index in [1.165, 1.54) is 49.2 Å². The summed E-state index contributed by atoms with van der Waals surface area (Å²) >= 11 is 8.57. The van der Waals surface area contributed by atoms with Crippen molar-refractivity contribution in [2.45, 2.75) is 33.9 Å². The number of nitro benzene ring substituents is 2. The van der Waals surface area contributed by atoms with Crippen molar-refractivity contribution in [2.75, 3.05) is 12.4 Å². The maximum absolute atomic E-state index is 13.4. The number of hydrogen-bond donors (Lipinski definition) is 1. The van der Waals surface area contributed by atoms with Crippen LogP contribution in [0.1, 0.15) is 50.2 Å². The van der Waals surface area contributed by atoms with Gasteiger partial charge in [0.2, 0.25) is 0 Å². The summed E-state index contributed by atoms with van der Waals surface area (Å²) < 4.78 is 10.4. The van der Waals surface area contributed by atoms with E-state index in [-0.39, 0.29) is 51.4 Å². The lowest BCUT2D eigenvalue weighted by Crippen LogP contribution is -2.31. The van der Waals surface area contributed by atoms with Gasteiger partial charge in [0.05, 0.1) is 38.8 Å². The summed E-state index contributed by atoms with van der Waals surface area (Å²) in [7, 11) is 1.24. The van der Waals surface area contributed by atoms with E-state index in [0.29, 0.717) is 22.6 Å². The molecular weight excluding hydrogens is 634 g/mol. The average molecular weight is 660 g/mol. The number of halogens is 1. The molecule has 6 rings (SSSR count). The zero-order chi connectivity index (χ0) is 32.5. The number of alkyl halides is 1. The third kappa shape index (κ3) is 5.88. The Hall–Kier alpha value is -4.94. The van der Waals surface area contributed by atoms with Crippen LogP contribution >= 0.6 is 23.4 Å². The third-order valence-electron chi connectivity index (χ3n) is 8.32. The van der Waals surface area contributed by atoms with E-state index in [4.69, 9.17) is 21.1 Å². The number of esters is 2. The summed E-state index contributed by atoms with van der Waals surface area (Å²) in [5.41, 5.74) is 2.43. The largest absolute Gasteiger partial charge is 0.465 e. The van der Waals surface area contributed by atoms with E-state index < -0.39 is 27.2 Å². The number of nitrogens with one attached hydrogen (secondary N) is 1. The number of ether oxygens (including phenoxy) is 2. The number of carbonyl (C=O) groups excluding carboxylic acids is 2. The van der Waals surface area contributed by atoms with Crippen molar-refractivity contribution in [3.05, 3.63) is 133 Å². The molecular formula is C33H26ClN3O8S. The van der Waals surface area contributed by atoms with Crippen molar-refractivity contribution in [1.82, 2.24) is 0 Å². The molecule has 46 heavy (non-hydrogen) atoms. The number of benzene rings is 4. The van der Waals surface area contributed by atoms with Crippen molar-refractivity contribution >= 4 is 52.4 Å². The highest BCUT2D eigenvalue weighted by atomic mass is 35.5. The minimum Gasteiger partial charge on any atom is -0.465 e. The predicted molar refractivity (Wildman–Crippen MR) is 172 cm³/mol. The fourth-order valence-corrected chi connectivity index (χ4v) is 8.21. The molecule has 1 saturated carbocycles. The van der Waals surface area contributed by atoms with Crippen LogP contribution in [-0.4, -0.2) is 39.5 Å². The summed E-state index contributed by atoms with van der Waals surface area (Å²) in [6.07, 6.45) is 0.538. The van der Waals surface area contributed by atoms with Crippen LogP contribution in [0.4, 0.5) is 17.1 Å². The van der Waals surface area contributed by atoms with Gasteiger partial charge >= 0.3 is 11.9 Å². The van der Waals surface area contributed by atoms with Gasteiger partial charge in [0, 0.05) is 35.1 Å². The second-order valence-electron chi connectivity index (χ2n) is 10.9. The number of nitrogens with zero attached hydrogens (tertiary/aromatic N) is 2. The van der Waals surface area contributed by atoms with Crippen molar-refractivity contribution in [3.8, 4) is 5.75 Å². The van der Waals surface area contributed by atoms with E-state index in [9.17, 15) is 29.8 Å². The molecule has 4 aromatic carbocycles. The molecule has 1 aliphatic heterocycles. The highest BCUT2D eigenvalue weighted by Crippen LogP contribution is 2.58. The minimum absolute atomic E-state index is 0.0164. The Morgan fingerprint density at radius 1 is 0.913 bits per heavy atom. The molecule has 11 nitrogen and oxygen atoms in total. The topological polar surface area (TPSA) is 151 Å². The highest BCUT2D eigenvalue weighted by Gasteiger charge is 2.50. The standard InChI is InChI=1S/C33H26ClN3O8S/c1-44-33(39)21-9-2-4-11-26(21)45-32(38)19-13-14-24-22(16-19)29-23(31(35-24)18-7-6-8-20(15-18)36(40)41)17-28(30(29)34)46-27-12-5-3-10-25(27)37(42)43/h2-16,23,28-31,35H,17H2,1H3/t23-,28+,29-,30+,31-/m0/s1. The van der Waals surface area contributed by atoms with E-state index >= 15 is 0 Å². The van der Waals surface area contributed by atoms with E-state index in [2.05, 4.69) is 5.32 Å². The molecule has 0 spiro atoms. The van der Waals surface area contributed by atoms with Crippen LogP contribution in [0, 0.1) is 26.1 Å². The summed E-state index contributed by atoms with van der Waals surface area (Å²) in [4.78, 5) is 48.6. The molecule has 1 N–H and O–H groups in total. The molecule has 0 bridgehead atoms. The number of non-ortho nitro benzene ring substituents is 1. The van der Waals surface area contributed by atoms with Gasteiger partial charge in [-0.15, -0.1) is 23.4 Å². The van der Waals surface area contributed by atoms with Crippen LogP contribution in [0.25, 0.3) is 0 Å². The fraction of sp³-hybridized carbons (Fsp3) is 0.212. The van der Waals surface area contributed by atoms with Crippen molar-refractivity contribution < 1.29 is 28.9 Å². The summed E-state index contributed by atoms with van der Waals surface area (Å²) in [6, 6.07) is 23.9. The number of fused-ring (bicyclic) bond motifs is 3. The lowest BCUT2D eigenvalue weighted by Gasteiger charge is -2.38. The lowest BCUT2D eigenvalue weighted by atomic mass is 9.76. The maximum Gasteiger partial charge on any atom is 0.343 e. The Bertz CT molecular complexity index is 1870. The zero-order valence-electron chi connectivity index (χ0n) is 24.2. The first-order valence-corrected chi connectivity index (χ1v) is 15.6. The summed E-state index contributed by atoms with van der Waals surface area (Å²) in [6.45, 7) is 0. The quantitative estimate of drug-likeness (QED) is 0.0660. The van der Waals surface area contributed by atoms with Gasteiger partial charge in [-0.2, -0.15) is 0 Å². The third-order valence-corrected chi connectivity index (χ3v) is 10.4. The number of carbonyl (C=O) groups is 2. The van der Waals surface area contributed by atoms with Gasteiger partial charge in [-0.05, 0) is 59.9 Å². The van der Waals surface area contributed by atoms with Crippen molar-refractivity contribution in [2.24, 2.45) is 5.92 Å². The van der Waals surface area contributed by atoms with Crippen LogP contribution in [0.2, 0.25) is 0 Å². The van der Waals surface area contributed by atoms with Crippen LogP contribution in [0.3, 0.4) is 0 Å². The monoisotopic (exact) mass is 659 g/mol. The summed E-state index contributed by atoms with van der Waals surface area (Å²) in [5, 5.41) is 26.1. The normalized spacial score (nSPS) is 21.3. The highest BCUT2D eigenvalue weighted by molar-refractivity contribution is 8.00. The molecule has 234 valence electrons. The van der Waals surface area contributed by atoms with Gasteiger partial charge in [-0.3, -0.25) is 20.2 Å². The predicted octanol–water partition coefficient (Wildman–Crippen LogP) is 7.55. The van der Waals surface area contributed by atoms with Gasteiger partial charge in [0.25, 0.3) is 11.4 Å².